The molecular weight excluding hydrogens is 344 g/mol. The summed E-state index contributed by atoms with van der Waals surface area (Å²) in [7, 11) is -2.68. The van der Waals surface area contributed by atoms with Gasteiger partial charge in [-0.25, -0.2) is 13.4 Å². The number of para-hydroxylation sites is 2. The Morgan fingerprint density at radius 2 is 1.92 bits per heavy atom. The molecule has 0 aliphatic heterocycles. The molecule has 1 N–H and O–H groups in total. The third-order valence-electron chi connectivity index (χ3n) is 3.87. The minimum Gasteiger partial charge on any atom is -0.341 e. The van der Waals surface area contributed by atoms with Gasteiger partial charge in [-0.15, -0.1) is 0 Å². The molecule has 3 rings (SSSR count). The normalized spacial score (nSPS) is 12.0. The zero-order valence-electron chi connectivity index (χ0n) is 13.6. The van der Waals surface area contributed by atoms with E-state index in [2.05, 4.69) is 9.97 Å². The van der Waals surface area contributed by atoms with E-state index < -0.39 is 20.6 Å². The molecule has 0 radical (unpaired) electrons. The van der Waals surface area contributed by atoms with Crippen molar-refractivity contribution < 1.29 is 13.3 Å². The largest absolute Gasteiger partial charge is 0.341 e. The zero-order chi connectivity index (χ0) is 18.2. The number of sulfonamides is 1. The van der Waals surface area contributed by atoms with Crippen molar-refractivity contribution in [3.05, 3.63) is 64.0 Å². The van der Waals surface area contributed by atoms with E-state index >= 15 is 0 Å². The second-order valence-corrected chi connectivity index (χ2v) is 7.62. The number of hydrogen-bond donors (Lipinski definition) is 1. The van der Waals surface area contributed by atoms with Crippen molar-refractivity contribution in [1.29, 1.82) is 0 Å². The number of fused-ring (bicyclic) bond motifs is 1. The molecular formula is C16H16N4O4S. The molecule has 0 amide bonds. The van der Waals surface area contributed by atoms with E-state index in [1.807, 2.05) is 24.3 Å². The summed E-state index contributed by atoms with van der Waals surface area (Å²) in [5.41, 5.74) is 1.41. The second-order valence-electron chi connectivity index (χ2n) is 5.64. The zero-order valence-corrected chi connectivity index (χ0v) is 14.4. The lowest BCUT2D eigenvalue weighted by Gasteiger charge is -2.17. The molecule has 0 saturated carbocycles. The highest BCUT2D eigenvalue weighted by Gasteiger charge is 2.31. The molecule has 2 aromatic carbocycles. The number of H-pyrrole nitrogens is 1. The first-order valence-corrected chi connectivity index (χ1v) is 8.88. The van der Waals surface area contributed by atoms with Gasteiger partial charge in [0.15, 0.2) is 4.90 Å². The first-order chi connectivity index (χ1) is 11.8. The van der Waals surface area contributed by atoms with Crippen molar-refractivity contribution in [1.82, 2.24) is 14.3 Å². The van der Waals surface area contributed by atoms with Crippen molar-refractivity contribution in [3.8, 4) is 0 Å². The Bertz CT molecular complexity index is 1030. The number of aryl methyl sites for hydroxylation is 1. The highest BCUT2D eigenvalue weighted by Crippen LogP contribution is 2.29. The van der Waals surface area contributed by atoms with Crippen LogP contribution in [-0.4, -0.2) is 34.7 Å². The van der Waals surface area contributed by atoms with Crippen LogP contribution in [0.1, 0.15) is 11.4 Å². The van der Waals surface area contributed by atoms with Crippen LogP contribution in [0.5, 0.6) is 0 Å². The maximum atomic E-state index is 12.9. The summed E-state index contributed by atoms with van der Waals surface area (Å²) >= 11 is 0. The lowest BCUT2D eigenvalue weighted by molar-refractivity contribution is -0.387. The number of imidazole rings is 1. The van der Waals surface area contributed by atoms with Crippen LogP contribution in [0.15, 0.2) is 47.4 Å². The molecule has 0 aliphatic carbocycles. The minimum absolute atomic E-state index is 0.0253. The standard InChI is InChI=1S/C16H16N4O4S/c1-11-6-5-9-14(20(21)22)16(11)25(23,24)19(2)10-15-17-12-7-3-4-8-13(12)18-15/h3-9H,10H2,1-2H3,(H,17,18). The van der Waals surface area contributed by atoms with Gasteiger partial charge in [0, 0.05) is 13.1 Å². The first-order valence-electron chi connectivity index (χ1n) is 7.44. The van der Waals surface area contributed by atoms with E-state index in [4.69, 9.17) is 0 Å². The predicted molar refractivity (Wildman–Crippen MR) is 92.6 cm³/mol. The number of nitrogens with zero attached hydrogens (tertiary/aromatic N) is 3. The number of aromatic amines is 1. The molecule has 130 valence electrons. The molecule has 25 heavy (non-hydrogen) atoms. The lowest BCUT2D eigenvalue weighted by atomic mass is 10.2. The Kier molecular flexibility index (Phi) is 4.27. The van der Waals surface area contributed by atoms with Crippen LogP contribution >= 0.6 is 0 Å². The highest BCUT2D eigenvalue weighted by molar-refractivity contribution is 7.89. The number of benzene rings is 2. The topological polar surface area (TPSA) is 109 Å². The van der Waals surface area contributed by atoms with Crippen molar-refractivity contribution >= 4 is 26.7 Å². The van der Waals surface area contributed by atoms with Crippen LogP contribution in [0, 0.1) is 17.0 Å². The fourth-order valence-corrected chi connectivity index (χ4v) is 4.13. The summed E-state index contributed by atoms with van der Waals surface area (Å²) in [6.07, 6.45) is 0. The van der Waals surface area contributed by atoms with E-state index in [0.29, 0.717) is 11.4 Å². The van der Waals surface area contributed by atoms with Crippen LogP contribution in [0.25, 0.3) is 11.0 Å². The molecule has 0 fully saturated rings. The first kappa shape index (κ1) is 17.1. The van der Waals surface area contributed by atoms with Crippen LogP contribution < -0.4 is 0 Å². The van der Waals surface area contributed by atoms with E-state index in [1.54, 1.807) is 0 Å². The maximum absolute atomic E-state index is 12.9. The van der Waals surface area contributed by atoms with Gasteiger partial charge in [0.2, 0.25) is 10.0 Å². The summed E-state index contributed by atoms with van der Waals surface area (Å²) in [6.45, 7) is 1.51. The molecule has 0 spiro atoms. The fourth-order valence-electron chi connectivity index (χ4n) is 2.65. The minimum atomic E-state index is -4.05. The van der Waals surface area contributed by atoms with Crippen LogP contribution in [0.2, 0.25) is 0 Å². The van der Waals surface area contributed by atoms with Crippen molar-refractivity contribution in [3.63, 3.8) is 0 Å². The van der Waals surface area contributed by atoms with Crippen molar-refractivity contribution in [2.45, 2.75) is 18.4 Å². The summed E-state index contributed by atoms with van der Waals surface area (Å²) in [6, 6.07) is 11.5. The monoisotopic (exact) mass is 360 g/mol. The van der Waals surface area contributed by atoms with Crippen molar-refractivity contribution in [2.75, 3.05) is 7.05 Å². The smallest absolute Gasteiger partial charge is 0.289 e. The average Bonchev–Trinajstić information content (AvgIpc) is 2.96. The molecule has 9 heteroatoms. The maximum Gasteiger partial charge on any atom is 0.289 e. The van der Waals surface area contributed by atoms with Gasteiger partial charge >= 0.3 is 0 Å². The van der Waals surface area contributed by atoms with Gasteiger partial charge in [-0.1, -0.05) is 24.3 Å². The SMILES string of the molecule is Cc1cccc([N+](=O)[O-])c1S(=O)(=O)N(C)Cc1nc2ccccc2[nH]1. The van der Waals surface area contributed by atoms with E-state index in [9.17, 15) is 18.5 Å². The molecule has 0 atom stereocenters. The Labute approximate surface area is 144 Å². The van der Waals surface area contributed by atoms with Gasteiger partial charge in [-0.05, 0) is 24.6 Å². The highest BCUT2D eigenvalue weighted by atomic mass is 32.2. The summed E-state index contributed by atoms with van der Waals surface area (Å²) < 4.78 is 26.8. The van der Waals surface area contributed by atoms with E-state index in [-0.39, 0.29) is 11.4 Å². The quantitative estimate of drug-likeness (QED) is 0.555. The van der Waals surface area contributed by atoms with Crippen LogP contribution in [0.4, 0.5) is 5.69 Å². The van der Waals surface area contributed by atoms with Crippen LogP contribution in [0.3, 0.4) is 0 Å². The van der Waals surface area contributed by atoms with Gasteiger partial charge in [-0.2, -0.15) is 4.31 Å². The van der Waals surface area contributed by atoms with E-state index in [1.165, 1.54) is 32.2 Å². The fraction of sp³-hybridized carbons (Fsp3) is 0.188. The molecule has 0 bridgehead atoms. The number of nitro groups is 1. The number of rotatable bonds is 5. The molecule has 0 saturated heterocycles. The molecule has 1 heterocycles. The average molecular weight is 360 g/mol. The van der Waals surface area contributed by atoms with Crippen molar-refractivity contribution in [2.24, 2.45) is 0 Å². The summed E-state index contributed by atoms with van der Waals surface area (Å²) in [4.78, 5) is 17.6. The summed E-state index contributed by atoms with van der Waals surface area (Å²) in [5, 5.41) is 11.2. The van der Waals surface area contributed by atoms with Crippen LogP contribution in [-0.2, 0) is 16.6 Å². The van der Waals surface area contributed by atoms with Gasteiger partial charge in [-0.3, -0.25) is 10.1 Å². The molecule has 1 aromatic heterocycles. The molecule has 3 aromatic rings. The predicted octanol–water partition coefficient (Wildman–Crippen LogP) is 2.60. The Hall–Kier alpha value is -2.78. The van der Waals surface area contributed by atoms with E-state index in [0.717, 1.165) is 15.3 Å². The van der Waals surface area contributed by atoms with Gasteiger partial charge in [0.25, 0.3) is 5.69 Å². The van der Waals surface area contributed by atoms with Gasteiger partial charge in [0.1, 0.15) is 5.82 Å². The number of hydrogen-bond acceptors (Lipinski definition) is 5. The van der Waals surface area contributed by atoms with Gasteiger partial charge in [0.05, 0.1) is 22.5 Å². The molecule has 0 aliphatic rings. The number of aromatic nitrogens is 2. The number of nitrogens with one attached hydrogen (secondary N) is 1. The van der Waals surface area contributed by atoms with Gasteiger partial charge < -0.3 is 4.98 Å². The number of nitro benzene ring substituents is 1. The second kappa shape index (κ2) is 6.26. The molecule has 0 unspecified atom stereocenters. The lowest BCUT2D eigenvalue weighted by Crippen LogP contribution is -2.28. The molecule has 8 nitrogen and oxygen atoms in total. The third-order valence-corrected chi connectivity index (χ3v) is 5.86. The summed E-state index contributed by atoms with van der Waals surface area (Å²) in [5.74, 6) is 0.462. The Balaban J connectivity index is 1.98. The Morgan fingerprint density at radius 1 is 1.20 bits per heavy atom. The Morgan fingerprint density at radius 3 is 2.60 bits per heavy atom. The third kappa shape index (κ3) is 3.11.